The largest absolute Gasteiger partial charge is 0.508 e. The first-order valence-electron chi connectivity index (χ1n) is 6.76. The van der Waals surface area contributed by atoms with E-state index in [1.165, 1.54) is 5.56 Å². The van der Waals surface area contributed by atoms with Gasteiger partial charge >= 0.3 is 0 Å². The standard InChI is InChI=1S/C15H19N3O/c1-18-10-9-17-15(18)7-8-16-13-6-5-12-11(13)3-2-4-14(12)19/h2-4,9-10,13,16,19H,5-8H2,1H3. The Kier molecular flexibility index (Phi) is 3.25. The maximum Gasteiger partial charge on any atom is 0.119 e. The van der Waals surface area contributed by atoms with Crippen LogP contribution in [0, 0.1) is 0 Å². The van der Waals surface area contributed by atoms with Gasteiger partial charge in [0.25, 0.3) is 0 Å². The monoisotopic (exact) mass is 257 g/mol. The number of imidazole rings is 1. The van der Waals surface area contributed by atoms with Crippen LogP contribution in [0.1, 0.15) is 29.4 Å². The molecule has 1 aromatic carbocycles. The molecule has 0 aliphatic heterocycles. The maximum absolute atomic E-state index is 9.82. The quantitative estimate of drug-likeness (QED) is 0.880. The van der Waals surface area contributed by atoms with Crippen LogP contribution in [0.15, 0.2) is 30.6 Å². The summed E-state index contributed by atoms with van der Waals surface area (Å²) >= 11 is 0. The van der Waals surface area contributed by atoms with Crippen molar-refractivity contribution >= 4 is 0 Å². The number of aromatic hydroxyl groups is 1. The van der Waals surface area contributed by atoms with Crippen LogP contribution >= 0.6 is 0 Å². The summed E-state index contributed by atoms with van der Waals surface area (Å²) in [5.74, 6) is 1.53. The van der Waals surface area contributed by atoms with Gasteiger partial charge in [-0.05, 0) is 30.0 Å². The molecule has 1 heterocycles. The van der Waals surface area contributed by atoms with Gasteiger partial charge in [-0.25, -0.2) is 4.98 Å². The SMILES string of the molecule is Cn1ccnc1CCNC1CCc2c(O)cccc21. The number of phenolic OH excluding ortho intramolecular Hbond substituents is 1. The van der Waals surface area contributed by atoms with Crippen molar-refractivity contribution in [3.8, 4) is 5.75 Å². The van der Waals surface area contributed by atoms with E-state index in [1.807, 2.05) is 25.5 Å². The van der Waals surface area contributed by atoms with E-state index in [2.05, 4.69) is 20.9 Å². The van der Waals surface area contributed by atoms with Crippen molar-refractivity contribution < 1.29 is 5.11 Å². The molecule has 3 rings (SSSR count). The van der Waals surface area contributed by atoms with E-state index in [0.717, 1.165) is 37.2 Å². The minimum atomic E-state index is 0.363. The lowest BCUT2D eigenvalue weighted by Crippen LogP contribution is -2.22. The van der Waals surface area contributed by atoms with Crippen LogP contribution < -0.4 is 5.32 Å². The number of rotatable bonds is 4. The van der Waals surface area contributed by atoms with Crippen molar-refractivity contribution in [3.05, 3.63) is 47.5 Å². The molecule has 2 aromatic rings. The van der Waals surface area contributed by atoms with Crippen LogP contribution in [-0.2, 0) is 19.9 Å². The first-order valence-corrected chi connectivity index (χ1v) is 6.76. The Morgan fingerprint density at radius 1 is 1.47 bits per heavy atom. The molecule has 1 aliphatic rings. The zero-order chi connectivity index (χ0) is 13.2. The van der Waals surface area contributed by atoms with Gasteiger partial charge in [-0.15, -0.1) is 0 Å². The summed E-state index contributed by atoms with van der Waals surface area (Å²) in [6, 6.07) is 6.17. The highest BCUT2D eigenvalue weighted by Crippen LogP contribution is 2.36. The van der Waals surface area contributed by atoms with E-state index in [-0.39, 0.29) is 0 Å². The summed E-state index contributed by atoms with van der Waals surface area (Å²) in [7, 11) is 2.02. The molecule has 4 heteroatoms. The fourth-order valence-electron chi connectivity index (χ4n) is 2.84. The molecule has 1 aromatic heterocycles. The first-order chi connectivity index (χ1) is 9.25. The van der Waals surface area contributed by atoms with Crippen molar-refractivity contribution in [1.82, 2.24) is 14.9 Å². The lowest BCUT2D eigenvalue weighted by atomic mass is 10.1. The minimum Gasteiger partial charge on any atom is -0.508 e. The Morgan fingerprint density at radius 3 is 3.16 bits per heavy atom. The Bertz CT molecular complexity index is 577. The fraction of sp³-hybridized carbons (Fsp3) is 0.400. The molecule has 1 atom stereocenters. The molecular weight excluding hydrogens is 238 g/mol. The lowest BCUT2D eigenvalue weighted by Gasteiger charge is -2.14. The number of nitrogens with zero attached hydrogens (tertiary/aromatic N) is 2. The number of hydrogen-bond acceptors (Lipinski definition) is 3. The van der Waals surface area contributed by atoms with Crippen molar-refractivity contribution in [3.63, 3.8) is 0 Å². The second-order valence-electron chi connectivity index (χ2n) is 5.09. The predicted octanol–water partition coefficient (Wildman–Crippen LogP) is 1.95. The van der Waals surface area contributed by atoms with Crippen LogP contribution in [0.25, 0.3) is 0 Å². The average molecular weight is 257 g/mol. The van der Waals surface area contributed by atoms with E-state index in [9.17, 15) is 5.11 Å². The second-order valence-corrected chi connectivity index (χ2v) is 5.09. The van der Waals surface area contributed by atoms with Gasteiger partial charge in [0, 0.05) is 38.4 Å². The van der Waals surface area contributed by atoms with Crippen molar-refractivity contribution in [2.24, 2.45) is 7.05 Å². The fourth-order valence-corrected chi connectivity index (χ4v) is 2.84. The molecule has 100 valence electrons. The third kappa shape index (κ3) is 2.36. The molecule has 0 fully saturated rings. The third-order valence-electron chi connectivity index (χ3n) is 3.91. The molecule has 0 spiro atoms. The van der Waals surface area contributed by atoms with E-state index in [1.54, 1.807) is 6.07 Å². The second kappa shape index (κ2) is 5.05. The molecule has 0 saturated carbocycles. The molecule has 0 saturated heterocycles. The number of benzene rings is 1. The Balaban J connectivity index is 1.61. The van der Waals surface area contributed by atoms with Crippen LogP contribution in [0.5, 0.6) is 5.75 Å². The molecule has 19 heavy (non-hydrogen) atoms. The van der Waals surface area contributed by atoms with Crippen molar-refractivity contribution in [1.29, 1.82) is 0 Å². The van der Waals surface area contributed by atoms with E-state index in [0.29, 0.717) is 11.8 Å². The van der Waals surface area contributed by atoms with E-state index in [4.69, 9.17) is 0 Å². The lowest BCUT2D eigenvalue weighted by molar-refractivity contribution is 0.469. The third-order valence-corrected chi connectivity index (χ3v) is 3.91. The van der Waals surface area contributed by atoms with Gasteiger partial charge in [0.2, 0.25) is 0 Å². The number of fused-ring (bicyclic) bond motifs is 1. The Hall–Kier alpha value is -1.81. The van der Waals surface area contributed by atoms with Crippen molar-refractivity contribution in [2.75, 3.05) is 6.54 Å². The zero-order valence-electron chi connectivity index (χ0n) is 11.1. The molecule has 4 nitrogen and oxygen atoms in total. The summed E-state index contributed by atoms with van der Waals surface area (Å²) < 4.78 is 2.05. The van der Waals surface area contributed by atoms with Crippen molar-refractivity contribution in [2.45, 2.75) is 25.3 Å². The van der Waals surface area contributed by atoms with Gasteiger partial charge in [0.15, 0.2) is 0 Å². The van der Waals surface area contributed by atoms with E-state index >= 15 is 0 Å². The molecule has 0 bridgehead atoms. The molecular formula is C15H19N3O. The molecule has 1 aliphatic carbocycles. The number of nitrogens with one attached hydrogen (secondary N) is 1. The van der Waals surface area contributed by atoms with Gasteiger partial charge in [-0.3, -0.25) is 0 Å². The van der Waals surface area contributed by atoms with E-state index < -0.39 is 0 Å². The predicted molar refractivity (Wildman–Crippen MR) is 74.1 cm³/mol. The smallest absolute Gasteiger partial charge is 0.119 e. The molecule has 0 radical (unpaired) electrons. The zero-order valence-corrected chi connectivity index (χ0v) is 11.1. The topological polar surface area (TPSA) is 50.1 Å². The van der Waals surface area contributed by atoms with Crippen LogP contribution in [0.3, 0.4) is 0 Å². The summed E-state index contributed by atoms with van der Waals surface area (Å²) in [6.45, 7) is 0.907. The molecule has 0 amide bonds. The highest BCUT2D eigenvalue weighted by atomic mass is 16.3. The van der Waals surface area contributed by atoms with Crippen LogP contribution in [0.2, 0.25) is 0 Å². The highest BCUT2D eigenvalue weighted by molar-refractivity contribution is 5.44. The normalized spacial score (nSPS) is 17.6. The first kappa shape index (κ1) is 12.2. The highest BCUT2D eigenvalue weighted by Gasteiger charge is 2.23. The number of phenols is 1. The number of aryl methyl sites for hydroxylation is 1. The Labute approximate surface area is 113 Å². The average Bonchev–Trinajstić information content (AvgIpc) is 2.98. The van der Waals surface area contributed by atoms with Crippen LogP contribution in [-0.4, -0.2) is 21.2 Å². The summed E-state index contributed by atoms with van der Waals surface area (Å²) in [4.78, 5) is 4.32. The number of hydrogen-bond donors (Lipinski definition) is 2. The summed E-state index contributed by atoms with van der Waals surface area (Å²) in [6.07, 6.45) is 6.75. The van der Waals surface area contributed by atoms with Gasteiger partial charge in [0.1, 0.15) is 11.6 Å². The summed E-state index contributed by atoms with van der Waals surface area (Å²) in [5.41, 5.74) is 2.36. The van der Waals surface area contributed by atoms with Gasteiger partial charge in [-0.2, -0.15) is 0 Å². The minimum absolute atomic E-state index is 0.363. The molecule has 1 unspecified atom stereocenters. The molecule has 2 N–H and O–H groups in total. The van der Waals surface area contributed by atoms with Gasteiger partial charge in [0.05, 0.1) is 0 Å². The van der Waals surface area contributed by atoms with Crippen LogP contribution in [0.4, 0.5) is 0 Å². The van der Waals surface area contributed by atoms with Gasteiger partial charge in [-0.1, -0.05) is 12.1 Å². The van der Waals surface area contributed by atoms with Gasteiger partial charge < -0.3 is 15.0 Å². The summed E-state index contributed by atoms with van der Waals surface area (Å²) in [5, 5.41) is 13.4. The number of aromatic nitrogens is 2. The Morgan fingerprint density at radius 2 is 2.37 bits per heavy atom. The maximum atomic E-state index is 9.82.